The Morgan fingerprint density at radius 1 is 1.40 bits per heavy atom. The predicted octanol–water partition coefficient (Wildman–Crippen LogP) is 2.82. The Morgan fingerprint density at radius 2 is 2.10 bits per heavy atom. The quantitative estimate of drug-likeness (QED) is 0.818. The molecule has 1 aliphatic heterocycles. The average Bonchev–Trinajstić information content (AvgIpc) is 2.88. The van der Waals surface area contributed by atoms with Crippen molar-refractivity contribution in [2.24, 2.45) is 11.7 Å². The van der Waals surface area contributed by atoms with Gasteiger partial charge in [0.15, 0.2) is 0 Å². The van der Waals surface area contributed by atoms with Gasteiger partial charge >= 0.3 is 0 Å². The summed E-state index contributed by atoms with van der Waals surface area (Å²) in [5.74, 6) is 1.60. The van der Waals surface area contributed by atoms with Crippen LogP contribution in [-0.4, -0.2) is 35.6 Å². The smallest absolute Gasteiger partial charge is 0.119 e. The van der Waals surface area contributed by atoms with Gasteiger partial charge in [-0.2, -0.15) is 0 Å². The first-order valence-electron chi connectivity index (χ1n) is 7.34. The van der Waals surface area contributed by atoms with Gasteiger partial charge in [-0.1, -0.05) is 26.1 Å². The summed E-state index contributed by atoms with van der Waals surface area (Å²) in [5, 5.41) is 0. The average molecular weight is 292 g/mol. The van der Waals surface area contributed by atoms with Crippen LogP contribution in [0.4, 0.5) is 0 Å². The Bertz CT molecular complexity index is 444. The minimum absolute atomic E-state index is 0.424. The van der Waals surface area contributed by atoms with E-state index in [-0.39, 0.29) is 0 Å². The van der Waals surface area contributed by atoms with Crippen molar-refractivity contribution in [1.82, 2.24) is 4.90 Å². The van der Waals surface area contributed by atoms with E-state index in [0.29, 0.717) is 4.99 Å². The Balaban J connectivity index is 1.79. The molecule has 1 aliphatic rings. The third kappa shape index (κ3) is 3.93. The number of nitrogens with two attached hydrogens (primary N) is 1. The summed E-state index contributed by atoms with van der Waals surface area (Å²) >= 11 is 4.93. The van der Waals surface area contributed by atoms with Gasteiger partial charge in [0, 0.05) is 18.2 Å². The maximum absolute atomic E-state index is 5.80. The molecule has 1 saturated heterocycles. The Labute approximate surface area is 127 Å². The van der Waals surface area contributed by atoms with Crippen LogP contribution < -0.4 is 10.5 Å². The molecule has 3 nitrogen and oxygen atoms in total. The summed E-state index contributed by atoms with van der Waals surface area (Å²) in [6, 6.07) is 8.39. The third-order valence-corrected chi connectivity index (χ3v) is 4.21. The Kier molecular flexibility index (Phi) is 5.38. The SMILES string of the molecule is CC(C)C1CCCN1CCOc1ccc(C(N)=S)cc1. The number of rotatable bonds is 6. The van der Waals surface area contributed by atoms with Crippen LogP contribution in [0.2, 0.25) is 0 Å². The second-order valence-corrected chi connectivity index (χ2v) is 6.17. The third-order valence-electron chi connectivity index (χ3n) is 3.97. The topological polar surface area (TPSA) is 38.5 Å². The van der Waals surface area contributed by atoms with Gasteiger partial charge in [-0.3, -0.25) is 4.90 Å². The fraction of sp³-hybridized carbons (Fsp3) is 0.562. The van der Waals surface area contributed by atoms with E-state index < -0.39 is 0 Å². The highest BCUT2D eigenvalue weighted by atomic mass is 32.1. The molecule has 0 bridgehead atoms. The van der Waals surface area contributed by atoms with Crippen LogP contribution >= 0.6 is 12.2 Å². The highest BCUT2D eigenvalue weighted by Crippen LogP contribution is 2.23. The van der Waals surface area contributed by atoms with Gasteiger partial charge in [0.2, 0.25) is 0 Å². The highest BCUT2D eigenvalue weighted by molar-refractivity contribution is 7.80. The number of hydrogen-bond donors (Lipinski definition) is 1. The number of benzene rings is 1. The number of nitrogens with zero attached hydrogens (tertiary/aromatic N) is 1. The summed E-state index contributed by atoms with van der Waals surface area (Å²) in [7, 11) is 0. The number of likely N-dealkylation sites (tertiary alicyclic amines) is 1. The molecule has 1 aromatic rings. The largest absolute Gasteiger partial charge is 0.492 e. The first-order chi connectivity index (χ1) is 9.58. The maximum Gasteiger partial charge on any atom is 0.119 e. The van der Waals surface area contributed by atoms with Crippen molar-refractivity contribution in [2.75, 3.05) is 19.7 Å². The summed E-state index contributed by atoms with van der Waals surface area (Å²) in [6.45, 7) is 7.54. The highest BCUT2D eigenvalue weighted by Gasteiger charge is 2.26. The molecule has 2 N–H and O–H groups in total. The van der Waals surface area contributed by atoms with Crippen LogP contribution in [0.5, 0.6) is 5.75 Å². The number of thiocarbonyl (C=S) groups is 1. The van der Waals surface area contributed by atoms with Gasteiger partial charge in [0.25, 0.3) is 0 Å². The summed E-state index contributed by atoms with van der Waals surface area (Å²) in [6.07, 6.45) is 2.63. The van der Waals surface area contributed by atoms with Gasteiger partial charge in [0.05, 0.1) is 0 Å². The van der Waals surface area contributed by atoms with Gasteiger partial charge < -0.3 is 10.5 Å². The molecule has 1 fully saturated rings. The van der Waals surface area contributed by atoms with Crippen molar-refractivity contribution >= 4 is 17.2 Å². The molecular weight excluding hydrogens is 268 g/mol. The van der Waals surface area contributed by atoms with Crippen LogP contribution in [0.25, 0.3) is 0 Å². The van der Waals surface area contributed by atoms with Crippen molar-refractivity contribution < 1.29 is 4.74 Å². The van der Waals surface area contributed by atoms with Gasteiger partial charge in [-0.05, 0) is 49.6 Å². The van der Waals surface area contributed by atoms with Crippen LogP contribution in [0.3, 0.4) is 0 Å². The molecule has 0 spiro atoms. The molecule has 110 valence electrons. The maximum atomic E-state index is 5.80. The van der Waals surface area contributed by atoms with Crippen LogP contribution in [0.1, 0.15) is 32.3 Å². The fourth-order valence-corrected chi connectivity index (χ4v) is 3.02. The fourth-order valence-electron chi connectivity index (χ4n) is 2.88. The molecule has 1 aromatic carbocycles. The minimum atomic E-state index is 0.424. The van der Waals surface area contributed by atoms with Crippen molar-refractivity contribution in [1.29, 1.82) is 0 Å². The summed E-state index contributed by atoms with van der Waals surface area (Å²) in [4.78, 5) is 2.97. The summed E-state index contributed by atoms with van der Waals surface area (Å²) in [5.41, 5.74) is 6.46. The number of hydrogen-bond acceptors (Lipinski definition) is 3. The van der Waals surface area contributed by atoms with E-state index in [1.165, 1.54) is 19.4 Å². The molecule has 1 heterocycles. The molecule has 0 aromatic heterocycles. The van der Waals surface area contributed by atoms with E-state index in [0.717, 1.165) is 36.4 Å². The molecule has 1 atom stereocenters. The molecule has 2 rings (SSSR count). The second kappa shape index (κ2) is 7.04. The van der Waals surface area contributed by atoms with Crippen molar-refractivity contribution in [3.8, 4) is 5.75 Å². The van der Waals surface area contributed by atoms with Crippen LogP contribution in [0, 0.1) is 5.92 Å². The molecule has 4 heteroatoms. The molecular formula is C16H24N2OS. The molecule has 20 heavy (non-hydrogen) atoms. The van der Waals surface area contributed by atoms with E-state index in [2.05, 4.69) is 18.7 Å². The number of ether oxygens (including phenoxy) is 1. The van der Waals surface area contributed by atoms with E-state index in [9.17, 15) is 0 Å². The Hall–Kier alpha value is -1.13. The van der Waals surface area contributed by atoms with Gasteiger partial charge in [0.1, 0.15) is 17.3 Å². The first kappa shape index (κ1) is 15.3. The van der Waals surface area contributed by atoms with Crippen LogP contribution in [-0.2, 0) is 0 Å². The standard InChI is InChI=1S/C16H24N2OS/c1-12(2)15-4-3-9-18(15)10-11-19-14-7-5-13(6-8-14)16(17)20/h5-8,12,15H,3-4,9-11H2,1-2H3,(H2,17,20). The molecule has 0 saturated carbocycles. The van der Waals surface area contributed by atoms with Gasteiger partial charge in [-0.15, -0.1) is 0 Å². The minimum Gasteiger partial charge on any atom is -0.492 e. The lowest BCUT2D eigenvalue weighted by molar-refractivity contribution is 0.168. The predicted molar refractivity (Wildman–Crippen MR) is 87.3 cm³/mol. The van der Waals surface area contributed by atoms with Crippen molar-refractivity contribution in [2.45, 2.75) is 32.7 Å². The van der Waals surface area contributed by atoms with Crippen molar-refractivity contribution in [3.05, 3.63) is 29.8 Å². The summed E-state index contributed by atoms with van der Waals surface area (Å²) < 4.78 is 5.80. The normalized spacial score (nSPS) is 19.4. The second-order valence-electron chi connectivity index (χ2n) is 5.73. The van der Waals surface area contributed by atoms with E-state index in [4.69, 9.17) is 22.7 Å². The lowest BCUT2D eigenvalue weighted by Crippen LogP contribution is -2.36. The monoisotopic (exact) mass is 292 g/mol. The van der Waals surface area contributed by atoms with E-state index in [1.807, 2.05) is 24.3 Å². The molecule has 1 unspecified atom stereocenters. The zero-order valence-electron chi connectivity index (χ0n) is 12.3. The zero-order chi connectivity index (χ0) is 14.5. The lowest BCUT2D eigenvalue weighted by atomic mass is 10.0. The Morgan fingerprint density at radius 3 is 2.70 bits per heavy atom. The van der Waals surface area contributed by atoms with E-state index in [1.54, 1.807) is 0 Å². The van der Waals surface area contributed by atoms with Crippen molar-refractivity contribution in [3.63, 3.8) is 0 Å². The van der Waals surface area contributed by atoms with Gasteiger partial charge in [-0.25, -0.2) is 0 Å². The lowest BCUT2D eigenvalue weighted by Gasteiger charge is -2.27. The van der Waals surface area contributed by atoms with E-state index >= 15 is 0 Å². The first-order valence-corrected chi connectivity index (χ1v) is 7.75. The zero-order valence-corrected chi connectivity index (χ0v) is 13.2. The molecule has 0 amide bonds. The molecule has 0 radical (unpaired) electrons. The van der Waals surface area contributed by atoms with Crippen LogP contribution in [0.15, 0.2) is 24.3 Å². The molecule has 0 aliphatic carbocycles.